The highest BCUT2D eigenvalue weighted by Crippen LogP contribution is 2.28. The van der Waals surface area contributed by atoms with Crippen molar-refractivity contribution in [3.8, 4) is 5.75 Å². The smallest absolute Gasteiger partial charge is 0.276 e. The van der Waals surface area contributed by atoms with Crippen LogP contribution in [0.1, 0.15) is 50.0 Å². The molecule has 0 unspecified atom stereocenters. The van der Waals surface area contributed by atoms with E-state index in [1.54, 1.807) is 6.20 Å². The molecular formula is C18H29Cl2N3O2. The van der Waals surface area contributed by atoms with E-state index in [2.05, 4.69) is 10.3 Å². The number of carbonyl (C=O) groups excluding carboxylic acids is 1. The molecule has 1 N–H and O–H groups in total. The summed E-state index contributed by atoms with van der Waals surface area (Å²) in [6.45, 7) is 6.64. The third-order valence-electron chi connectivity index (χ3n) is 4.51. The number of carbonyl (C=O) groups is 1. The molecule has 25 heavy (non-hydrogen) atoms. The van der Waals surface area contributed by atoms with Crippen molar-refractivity contribution in [3.05, 3.63) is 24.0 Å². The van der Waals surface area contributed by atoms with Gasteiger partial charge in [-0.05, 0) is 64.1 Å². The van der Waals surface area contributed by atoms with Gasteiger partial charge in [-0.25, -0.2) is 4.98 Å². The predicted octanol–water partition coefficient (Wildman–Crippen LogP) is 3.32. The molecule has 1 amide bonds. The number of ether oxygens (including phenoxy) is 1. The van der Waals surface area contributed by atoms with Gasteiger partial charge in [0.2, 0.25) is 0 Å². The van der Waals surface area contributed by atoms with Gasteiger partial charge in [0.1, 0.15) is 0 Å². The van der Waals surface area contributed by atoms with E-state index >= 15 is 0 Å². The number of nitrogens with zero attached hydrogens (tertiary/aromatic N) is 2. The fourth-order valence-corrected chi connectivity index (χ4v) is 2.99. The van der Waals surface area contributed by atoms with Crippen LogP contribution in [0.2, 0.25) is 0 Å². The van der Waals surface area contributed by atoms with Crippen LogP contribution in [-0.2, 0) is 0 Å². The van der Waals surface area contributed by atoms with Crippen molar-refractivity contribution in [3.63, 3.8) is 0 Å². The van der Waals surface area contributed by atoms with Crippen LogP contribution in [0, 0.1) is 5.92 Å². The number of rotatable bonds is 6. The zero-order valence-corrected chi connectivity index (χ0v) is 16.6. The molecule has 1 aliphatic carbocycles. The van der Waals surface area contributed by atoms with Crippen molar-refractivity contribution in [2.45, 2.75) is 51.7 Å². The Morgan fingerprint density at radius 3 is 2.56 bits per heavy atom. The zero-order chi connectivity index (χ0) is 16.2. The standard InChI is InChI=1S/C18H27N3O2.2ClH/c1-13(2)23-16-4-3-9-19-17(16)18(22)21-10-7-15(8-11-21)20-12-14-5-6-14;;/h3-4,9,13-15,20H,5-8,10-12H2,1-2H3;2*1H. The average Bonchev–Trinajstić information content (AvgIpc) is 3.37. The number of halogens is 2. The molecule has 1 aromatic rings. The summed E-state index contributed by atoms with van der Waals surface area (Å²) in [7, 11) is 0. The maximum Gasteiger partial charge on any atom is 0.276 e. The topological polar surface area (TPSA) is 54.5 Å². The number of nitrogens with one attached hydrogen (secondary N) is 1. The second-order valence-corrected chi connectivity index (χ2v) is 6.93. The Morgan fingerprint density at radius 1 is 1.28 bits per heavy atom. The monoisotopic (exact) mass is 389 g/mol. The van der Waals surface area contributed by atoms with Crippen molar-refractivity contribution >= 4 is 30.7 Å². The van der Waals surface area contributed by atoms with Gasteiger partial charge in [-0.1, -0.05) is 0 Å². The summed E-state index contributed by atoms with van der Waals surface area (Å²) in [6.07, 6.45) is 6.48. The first-order valence-corrected chi connectivity index (χ1v) is 8.78. The quantitative estimate of drug-likeness (QED) is 0.810. The molecule has 0 radical (unpaired) electrons. The van der Waals surface area contributed by atoms with Crippen LogP contribution in [0.5, 0.6) is 5.75 Å². The largest absolute Gasteiger partial charge is 0.489 e. The van der Waals surface area contributed by atoms with Gasteiger partial charge in [-0.2, -0.15) is 0 Å². The van der Waals surface area contributed by atoms with E-state index in [1.807, 2.05) is 30.9 Å². The molecule has 2 fully saturated rings. The maximum absolute atomic E-state index is 12.7. The van der Waals surface area contributed by atoms with E-state index in [0.717, 1.165) is 38.4 Å². The highest BCUT2D eigenvalue weighted by molar-refractivity contribution is 5.95. The van der Waals surface area contributed by atoms with Crippen molar-refractivity contribution in [2.24, 2.45) is 5.92 Å². The first-order chi connectivity index (χ1) is 11.1. The van der Waals surface area contributed by atoms with Crippen LogP contribution in [0.4, 0.5) is 0 Å². The molecule has 0 bridgehead atoms. The Morgan fingerprint density at radius 2 is 1.96 bits per heavy atom. The van der Waals surface area contributed by atoms with Gasteiger partial charge in [0.15, 0.2) is 11.4 Å². The Labute approximate surface area is 162 Å². The molecule has 7 heteroatoms. The second kappa shape index (κ2) is 10.2. The SMILES string of the molecule is CC(C)Oc1cccnc1C(=O)N1CCC(NCC2CC2)CC1.Cl.Cl. The Bertz CT molecular complexity index is 545. The highest BCUT2D eigenvalue weighted by Gasteiger charge is 2.28. The number of hydrogen-bond acceptors (Lipinski definition) is 4. The number of amides is 1. The number of hydrogen-bond donors (Lipinski definition) is 1. The summed E-state index contributed by atoms with van der Waals surface area (Å²) in [5.74, 6) is 1.47. The molecule has 0 spiro atoms. The molecule has 1 aliphatic heterocycles. The molecule has 5 nitrogen and oxygen atoms in total. The molecule has 1 saturated carbocycles. The van der Waals surface area contributed by atoms with Crippen LogP contribution < -0.4 is 10.1 Å². The van der Waals surface area contributed by atoms with E-state index < -0.39 is 0 Å². The van der Waals surface area contributed by atoms with E-state index in [9.17, 15) is 4.79 Å². The minimum atomic E-state index is -0.0121. The third-order valence-corrected chi connectivity index (χ3v) is 4.51. The summed E-state index contributed by atoms with van der Waals surface area (Å²) >= 11 is 0. The fourth-order valence-electron chi connectivity index (χ4n) is 2.99. The Balaban J connectivity index is 0.00000156. The molecule has 3 rings (SSSR count). The van der Waals surface area contributed by atoms with Crippen LogP contribution in [0.3, 0.4) is 0 Å². The van der Waals surface area contributed by atoms with Gasteiger partial charge in [0.25, 0.3) is 5.91 Å². The number of piperidine rings is 1. The lowest BCUT2D eigenvalue weighted by Gasteiger charge is -2.32. The average molecular weight is 390 g/mol. The molecule has 142 valence electrons. The van der Waals surface area contributed by atoms with Gasteiger partial charge in [0, 0.05) is 25.3 Å². The lowest BCUT2D eigenvalue weighted by molar-refractivity contribution is 0.0692. The van der Waals surface area contributed by atoms with Crippen LogP contribution >= 0.6 is 24.8 Å². The minimum absolute atomic E-state index is 0. The van der Waals surface area contributed by atoms with Gasteiger partial charge in [-0.3, -0.25) is 4.79 Å². The molecule has 1 saturated heterocycles. The van der Waals surface area contributed by atoms with Gasteiger partial charge in [-0.15, -0.1) is 24.8 Å². The lowest BCUT2D eigenvalue weighted by Crippen LogP contribution is -2.45. The molecule has 2 heterocycles. The highest BCUT2D eigenvalue weighted by atomic mass is 35.5. The predicted molar refractivity (Wildman–Crippen MR) is 104 cm³/mol. The summed E-state index contributed by atoms with van der Waals surface area (Å²) in [5.41, 5.74) is 0.436. The normalized spacial score (nSPS) is 17.6. The first-order valence-electron chi connectivity index (χ1n) is 8.78. The fraction of sp³-hybridized carbons (Fsp3) is 0.667. The van der Waals surface area contributed by atoms with Gasteiger partial charge >= 0.3 is 0 Å². The van der Waals surface area contributed by atoms with Crippen molar-refractivity contribution < 1.29 is 9.53 Å². The Kier molecular flexibility index (Phi) is 8.97. The van der Waals surface area contributed by atoms with Gasteiger partial charge < -0.3 is 15.0 Å². The van der Waals surface area contributed by atoms with E-state index in [1.165, 1.54) is 12.8 Å². The van der Waals surface area contributed by atoms with Crippen molar-refractivity contribution in [1.82, 2.24) is 15.2 Å². The number of pyridine rings is 1. The summed E-state index contributed by atoms with van der Waals surface area (Å²) < 4.78 is 5.73. The number of aromatic nitrogens is 1. The van der Waals surface area contributed by atoms with Crippen LogP contribution in [-0.4, -0.2) is 47.6 Å². The van der Waals surface area contributed by atoms with E-state index in [4.69, 9.17) is 4.74 Å². The Hall–Kier alpha value is -1.04. The molecule has 1 aromatic heterocycles. The first kappa shape index (κ1) is 22.0. The molecule has 2 aliphatic rings. The minimum Gasteiger partial charge on any atom is -0.489 e. The van der Waals surface area contributed by atoms with Crippen LogP contribution in [0.25, 0.3) is 0 Å². The molecular weight excluding hydrogens is 361 g/mol. The second-order valence-electron chi connectivity index (χ2n) is 6.93. The van der Waals surface area contributed by atoms with E-state index in [0.29, 0.717) is 17.5 Å². The molecule has 0 atom stereocenters. The van der Waals surface area contributed by atoms with Gasteiger partial charge in [0.05, 0.1) is 6.10 Å². The van der Waals surface area contributed by atoms with Crippen molar-refractivity contribution in [1.29, 1.82) is 0 Å². The zero-order valence-electron chi connectivity index (χ0n) is 14.9. The third kappa shape index (κ3) is 6.32. The molecule has 0 aromatic carbocycles. The maximum atomic E-state index is 12.7. The van der Waals surface area contributed by atoms with Crippen molar-refractivity contribution in [2.75, 3.05) is 19.6 Å². The summed E-state index contributed by atoms with van der Waals surface area (Å²) in [6, 6.07) is 4.18. The van der Waals surface area contributed by atoms with E-state index in [-0.39, 0.29) is 36.8 Å². The number of likely N-dealkylation sites (tertiary alicyclic amines) is 1. The summed E-state index contributed by atoms with van der Waals surface area (Å²) in [4.78, 5) is 18.9. The summed E-state index contributed by atoms with van der Waals surface area (Å²) in [5, 5.41) is 3.64. The lowest BCUT2D eigenvalue weighted by atomic mass is 10.0. The van der Waals surface area contributed by atoms with Crippen LogP contribution in [0.15, 0.2) is 18.3 Å².